The van der Waals surface area contributed by atoms with Crippen LogP contribution in [-0.4, -0.2) is 30.8 Å². The molecule has 4 nitrogen and oxygen atoms in total. The quantitative estimate of drug-likeness (QED) is 0.845. The van der Waals surface area contributed by atoms with Gasteiger partial charge in [0.2, 0.25) is 5.91 Å². The van der Waals surface area contributed by atoms with Crippen LogP contribution in [0.25, 0.3) is 0 Å². The molecule has 0 saturated heterocycles. The molecule has 0 radical (unpaired) electrons. The van der Waals surface area contributed by atoms with Crippen molar-refractivity contribution in [1.29, 1.82) is 0 Å². The van der Waals surface area contributed by atoms with Gasteiger partial charge < -0.3 is 15.2 Å². The summed E-state index contributed by atoms with van der Waals surface area (Å²) in [6.07, 6.45) is 1.85. The third kappa shape index (κ3) is 3.33. The molecule has 1 aromatic carbocycles. The number of hydrogen-bond donors (Lipinski definition) is 2. The lowest BCUT2D eigenvalue weighted by Gasteiger charge is -2.33. The van der Waals surface area contributed by atoms with Crippen molar-refractivity contribution in [3.63, 3.8) is 0 Å². The van der Waals surface area contributed by atoms with Crippen LogP contribution in [-0.2, 0) is 16.0 Å². The summed E-state index contributed by atoms with van der Waals surface area (Å²) in [6.45, 7) is 2.55. The van der Waals surface area contributed by atoms with E-state index >= 15 is 0 Å². The summed E-state index contributed by atoms with van der Waals surface area (Å²) in [5, 5.41) is 12.5. The smallest absolute Gasteiger partial charge is 0.246 e. The maximum atomic E-state index is 11.8. The molecule has 0 unspecified atom stereocenters. The van der Waals surface area contributed by atoms with Crippen molar-refractivity contribution in [2.45, 2.75) is 25.8 Å². The number of carbonyl (C=O) groups excluding carboxylic acids is 1. The van der Waals surface area contributed by atoms with Crippen LogP contribution in [0.5, 0.6) is 0 Å². The van der Waals surface area contributed by atoms with E-state index in [1.54, 1.807) is 0 Å². The van der Waals surface area contributed by atoms with Crippen LogP contribution in [0, 0.1) is 5.92 Å². The van der Waals surface area contributed by atoms with Gasteiger partial charge in [-0.2, -0.15) is 0 Å². The van der Waals surface area contributed by atoms with Gasteiger partial charge in [-0.15, -0.1) is 0 Å². The van der Waals surface area contributed by atoms with Gasteiger partial charge in [-0.25, -0.2) is 0 Å². The number of carbonyl (C=O) groups is 1. The zero-order chi connectivity index (χ0) is 13.7. The molecule has 1 aliphatic rings. The Morgan fingerprint density at radius 1 is 1.47 bits per heavy atom. The van der Waals surface area contributed by atoms with E-state index in [-0.39, 0.29) is 31.1 Å². The van der Waals surface area contributed by atoms with Crippen molar-refractivity contribution in [3.8, 4) is 0 Å². The van der Waals surface area contributed by atoms with Crippen molar-refractivity contribution in [2.75, 3.05) is 19.8 Å². The number of rotatable bonds is 5. The van der Waals surface area contributed by atoms with Crippen molar-refractivity contribution in [1.82, 2.24) is 5.32 Å². The van der Waals surface area contributed by atoms with Gasteiger partial charge in [0.1, 0.15) is 6.61 Å². The number of aliphatic hydroxyl groups excluding tert-OH is 1. The van der Waals surface area contributed by atoms with Crippen molar-refractivity contribution in [3.05, 3.63) is 35.4 Å². The summed E-state index contributed by atoms with van der Waals surface area (Å²) in [5.41, 5.74) is 2.38. The van der Waals surface area contributed by atoms with Gasteiger partial charge in [-0.1, -0.05) is 24.3 Å². The Hall–Kier alpha value is -1.39. The van der Waals surface area contributed by atoms with E-state index in [1.807, 2.05) is 25.1 Å². The number of aliphatic hydroxyl groups is 1. The lowest BCUT2D eigenvalue weighted by Crippen LogP contribution is -2.39. The first-order valence-electron chi connectivity index (χ1n) is 6.82. The van der Waals surface area contributed by atoms with Crippen LogP contribution in [0.1, 0.15) is 30.5 Å². The topological polar surface area (TPSA) is 58.6 Å². The minimum absolute atomic E-state index is 0.0767. The van der Waals surface area contributed by atoms with E-state index in [9.17, 15) is 9.90 Å². The van der Waals surface area contributed by atoms with Crippen LogP contribution in [0.3, 0.4) is 0 Å². The molecule has 4 heteroatoms. The van der Waals surface area contributed by atoms with E-state index < -0.39 is 0 Å². The van der Waals surface area contributed by atoms with Crippen LogP contribution in [0.15, 0.2) is 24.3 Å². The number of benzene rings is 1. The Bertz CT molecular complexity index is 433. The maximum Gasteiger partial charge on any atom is 0.246 e. The SMILES string of the molecule is CCOCC(=O)N[C@H]1c2ccccc2CC[C@@H]1CO. The molecule has 0 aliphatic heterocycles. The van der Waals surface area contributed by atoms with E-state index in [0.717, 1.165) is 18.4 Å². The molecule has 0 spiro atoms. The van der Waals surface area contributed by atoms with Crippen molar-refractivity contribution >= 4 is 5.91 Å². The van der Waals surface area contributed by atoms with Crippen molar-refractivity contribution in [2.24, 2.45) is 5.92 Å². The zero-order valence-corrected chi connectivity index (χ0v) is 11.3. The minimum atomic E-state index is -0.123. The highest BCUT2D eigenvalue weighted by Crippen LogP contribution is 2.33. The average molecular weight is 263 g/mol. The predicted octanol–water partition coefficient (Wildman–Crippen LogP) is 1.44. The third-order valence-corrected chi connectivity index (χ3v) is 3.63. The summed E-state index contributed by atoms with van der Waals surface area (Å²) in [4.78, 5) is 11.8. The first kappa shape index (κ1) is 14.0. The van der Waals surface area contributed by atoms with Gasteiger partial charge in [0, 0.05) is 19.1 Å². The van der Waals surface area contributed by atoms with Gasteiger partial charge in [0.25, 0.3) is 0 Å². The third-order valence-electron chi connectivity index (χ3n) is 3.63. The second kappa shape index (κ2) is 6.68. The average Bonchev–Trinajstić information content (AvgIpc) is 2.45. The highest BCUT2D eigenvalue weighted by Gasteiger charge is 2.29. The molecule has 2 N–H and O–H groups in total. The van der Waals surface area contributed by atoms with Gasteiger partial charge in [-0.3, -0.25) is 4.79 Å². The molecule has 1 amide bonds. The standard InChI is InChI=1S/C15H21NO3/c1-2-19-10-14(18)16-15-12(9-17)8-7-11-5-3-4-6-13(11)15/h3-6,12,15,17H,2,7-10H2,1H3,(H,16,18)/t12-,15-/m1/s1. The maximum absolute atomic E-state index is 11.8. The molecule has 1 aromatic rings. The van der Waals surface area contributed by atoms with Crippen LogP contribution in [0.4, 0.5) is 0 Å². The number of aryl methyl sites for hydroxylation is 1. The fourth-order valence-corrected chi connectivity index (χ4v) is 2.63. The molecule has 0 fully saturated rings. The number of hydrogen-bond acceptors (Lipinski definition) is 3. The minimum Gasteiger partial charge on any atom is -0.396 e. The van der Waals surface area contributed by atoms with Gasteiger partial charge >= 0.3 is 0 Å². The summed E-state index contributed by atoms with van der Waals surface area (Å²) in [5.74, 6) is -0.0394. The Morgan fingerprint density at radius 2 is 2.26 bits per heavy atom. The molecule has 1 aliphatic carbocycles. The molecule has 0 bridgehead atoms. The molecule has 104 valence electrons. The van der Waals surface area contributed by atoms with Crippen molar-refractivity contribution < 1.29 is 14.6 Å². The fraction of sp³-hybridized carbons (Fsp3) is 0.533. The summed E-state index contributed by atoms with van der Waals surface area (Å²) in [6, 6.07) is 7.99. The highest BCUT2D eigenvalue weighted by molar-refractivity contribution is 5.77. The highest BCUT2D eigenvalue weighted by atomic mass is 16.5. The van der Waals surface area contributed by atoms with Crippen LogP contribution in [0.2, 0.25) is 0 Å². The second-order valence-electron chi connectivity index (χ2n) is 4.86. The van der Waals surface area contributed by atoms with Gasteiger partial charge in [0.15, 0.2) is 0 Å². The predicted molar refractivity (Wildman–Crippen MR) is 72.7 cm³/mol. The van der Waals surface area contributed by atoms with E-state index in [0.29, 0.717) is 6.61 Å². The lowest BCUT2D eigenvalue weighted by atomic mass is 9.80. The normalized spacial score (nSPS) is 21.8. The number of nitrogens with one attached hydrogen (secondary N) is 1. The second-order valence-corrected chi connectivity index (χ2v) is 4.86. The van der Waals surface area contributed by atoms with E-state index in [2.05, 4.69) is 11.4 Å². The zero-order valence-electron chi connectivity index (χ0n) is 11.3. The van der Waals surface area contributed by atoms with Gasteiger partial charge in [-0.05, 0) is 30.9 Å². The number of fused-ring (bicyclic) bond motifs is 1. The molecule has 0 aromatic heterocycles. The fourth-order valence-electron chi connectivity index (χ4n) is 2.63. The largest absolute Gasteiger partial charge is 0.396 e. The number of ether oxygens (including phenoxy) is 1. The Balaban J connectivity index is 2.13. The summed E-state index contributed by atoms with van der Waals surface area (Å²) in [7, 11) is 0. The first-order chi connectivity index (χ1) is 9.26. The Kier molecular flexibility index (Phi) is 4.93. The molecular weight excluding hydrogens is 242 g/mol. The summed E-state index contributed by atoms with van der Waals surface area (Å²) >= 11 is 0. The Morgan fingerprint density at radius 3 is 3.00 bits per heavy atom. The van der Waals surface area contributed by atoms with Crippen LogP contribution >= 0.6 is 0 Å². The molecule has 2 atom stereocenters. The molecule has 0 heterocycles. The molecule has 2 rings (SSSR count). The van der Waals surface area contributed by atoms with E-state index in [4.69, 9.17) is 4.74 Å². The van der Waals surface area contributed by atoms with Gasteiger partial charge in [0.05, 0.1) is 6.04 Å². The first-order valence-corrected chi connectivity index (χ1v) is 6.82. The molecular formula is C15H21NO3. The molecule has 19 heavy (non-hydrogen) atoms. The van der Waals surface area contributed by atoms with E-state index in [1.165, 1.54) is 5.56 Å². The monoisotopic (exact) mass is 263 g/mol. The molecule has 0 saturated carbocycles. The van der Waals surface area contributed by atoms with Crippen LogP contribution < -0.4 is 5.32 Å². The lowest BCUT2D eigenvalue weighted by molar-refractivity contribution is -0.126. The number of amides is 1. The summed E-state index contributed by atoms with van der Waals surface area (Å²) < 4.78 is 5.12. The Labute approximate surface area is 113 Å².